The minimum atomic E-state index is -3.97. The second-order valence-corrected chi connectivity index (χ2v) is 28.8. The molecule has 0 unspecified atom stereocenters. The van der Waals surface area contributed by atoms with Crippen molar-refractivity contribution in [3.8, 4) is 0 Å². The summed E-state index contributed by atoms with van der Waals surface area (Å²) >= 11 is 0. The maximum absolute atomic E-state index is 14.9. The zero-order valence-electron chi connectivity index (χ0n) is 58.3. The Balaban J connectivity index is 1.05. The van der Waals surface area contributed by atoms with E-state index in [0.717, 1.165) is 10.5 Å². The minimum absolute atomic E-state index is 0.0848. The fraction of sp³-hybridized carbons (Fsp3) is 0.638. The second kappa shape index (κ2) is 37.2. The molecule has 29 heteroatoms. The van der Waals surface area contributed by atoms with Crippen molar-refractivity contribution in [2.75, 3.05) is 52.0 Å². The van der Waals surface area contributed by atoms with Crippen molar-refractivity contribution in [1.82, 2.24) is 46.2 Å². The van der Waals surface area contributed by atoms with E-state index in [1.54, 1.807) is 61.9 Å². The van der Waals surface area contributed by atoms with E-state index < -0.39 is 124 Å². The van der Waals surface area contributed by atoms with E-state index in [-0.39, 0.29) is 99.2 Å². The molecular weight excluding hydrogens is 1280 g/mol. The van der Waals surface area contributed by atoms with Crippen LogP contribution in [0.1, 0.15) is 143 Å². The number of primary amides is 1. The number of hydrogen-bond donors (Lipinski definition) is 8. The van der Waals surface area contributed by atoms with Gasteiger partial charge in [0, 0.05) is 77.2 Å². The molecule has 0 spiro atoms. The summed E-state index contributed by atoms with van der Waals surface area (Å²) in [4.78, 5) is 154. The molecule has 3 heterocycles. The van der Waals surface area contributed by atoms with Crippen molar-refractivity contribution in [3.05, 3.63) is 77.9 Å². The molecule has 0 radical (unpaired) electrons. The van der Waals surface area contributed by atoms with E-state index in [2.05, 4.69) is 31.9 Å². The predicted molar refractivity (Wildman–Crippen MR) is 365 cm³/mol. The van der Waals surface area contributed by atoms with Crippen molar-refractivity contribution in [2.24, 2.45) is 40.5 Å². The Hall–Kier alpha value is -8.02. The number of likely N-dealkylation sites (tertiary alicyclic amines) is 2. The Morgan fingerprint density at radius 2 is 1.43 bits per heavy atom. The third kappa shape index (κ3) is 22.2. The average Bonchev–Trinajstić information content (AvgIpc) is 1.60. The highest BCUT2D eigenvalue weighted by Gasteiger charge is 2.53. The van der Waals surface area contributed by atoms with Crippen LogP contribution in [0.4, 0.5) is 15.3 Å². The zero-order valence-corrected chi connectivity index (χ0v) is 59.1. The first-order valence-corrected chi connectivity index (χ1v) is 36.0. The molecule has 3 fully saturated rings. The first kappa shape index (κ1) is 79.0. The van der Waals surface area contributed by atoms with E-state index in [0.29, 0.717) is 75.6 Å². The Morgan fingerprint density at radius 3 is 2.04 bits per heavy atom. The number of anilines is 1. The van der Waals surface area contributed by atoms with E-state index >= 15 is 0 Å². The Labute approximate surface area is 575 Å². The van der Waals surface area contributed by atoms with Gasteiger partial charge in [0.05, 0.1) is 42.4 Å². The number of methoxy groups -OCH3 is 2. The van der Waals surface area contributed by atoms with Crippen LogP contribution < -0.4 is 42.8 Å². The van der Waals surface area contributed by atoms with E-state index in [9.17, 15) is 61.2 Å². The summed E-state index contributed by atoms with van der Waals surface area (Å²) in [6.45, 7) is 13.3. The van der Waals surface area contributed by atoms with Crippen LogP contribution in [0, 0.1) is 29.6 Å². The SMILES string of the molecule is CC[C@H](C)[C@@H]([C@H](CC(=O)N1CCC[C@H]1[C@H](OC)[C@@H](C)C(=O)N[C@@H](Cc1ccccc1)CS(N)(=O)=O)OC)N(C)C(=O)[C@@H](NC(=O)[C@@H]1[C@H]2CC[C@H](C2)N1C(=O)OCc1ccc(NC(=O)[C@H](CCCNC(N)=O)NC(=O)[C@@H](NC(=O)CCCCCN2C(=O)C=CC2=O)C(C)C)cc1)C(C)C. The van der Waals surface area contributed by atoms with Gasteiger partial charge in [-0.2, -0.15) is 0 Å². The lowest BCUT2D eigenvalue weighted by molar-refractivity contribution is -0.148. The first-order valence-electron chi connectivity index (χ1n) is 34.2. The molecule has 28 nitrogen and oxygen atoms in total. The standard InChI is InChI=1S/C69H104N12O16S/c1-11-43(6)60(53(95-9)38-57(85)79-35-19-23-52(79)62(96-10)44(7)63(86)74-49(40-98(71,93)94)36-45-20-14-12-15-21-45)78(8)67(90)59(42(4)5)77-66(89)61-47-27-30-50(37-47)81(61)69(92)97-39-46-25-28-48(29-26-46)73-64(87)51(22-18-33-72-68(70)91)75-65(88)58(41(2)3)76-54(82)24-16-13-17-34-80-55(83)31-32-56(80)84/h12,14-15,20-21,25-26,28-29,31-32,41-44,47,49-53,58-62H,11,13,16-19,22-24,27,30,33-40H2,1-10H3,(H,73,87)(H,74,86)(H,75,88)(H,76,82)(H,77,89)(H3,70,72,91)(H2,71,93,94)/t43-,44+,47-,49-,50+,51-,52-,53-,58-,59-,60-,61-,62+/m0/s1. The molecule has 13 atom stereocenters. The number of nitrogens with one attached hydrogen (secondary N) is 6. The number of nitrogens with zero attached hydrogens (tertiary/aromatic N) is 4. The van der Waals surface area contributed by atoms with Gasteiger partial charge in [-0.3, -0.25) is 53.0 Å². The van der Waals surface area contributed by atoms with Crippen molar-refractivity contribution in [2.45, 2.75) is 206 Å². The Morgan fingerprint density at radius 1 is 0.755 bits per heavy atom. The molecule has 12 amide bonds. The van der Waals surface area contributed by atoms with Crippen molar-refractivity contribution >= 4 is 81.0 Å². The number of carbonyl (C=O) groups excluding carboxylic acids is 11. The van der Waals surface area contributed by atoms with E-state index in [1.807, 2.05) is 58.0 Å². The second-order valence-electron chi connectivity index (χ2n) is 27.1. The van der Waals surface area contributed by atoms with Crippen LogP contribution in [0.15, 0.2) is 66.7 Å². The van der Waals surface area contributed by atoms with Crippen LogP contribution in [0.3, 0.4) is 0 Å². The molecule has 2 saturated heterocycles. The van der Waals surface area contributed by atoms with Gasteiger partial charge in [0.25, 0.3) is 11.8 Å². The van der Waals surface area contributed by atoms with Gasteiger partial charge in [-0.25, -0.2) is 23.1 Å². The molecule has 6 rings (SSSR count). The summed E-state index contributed by atoms with van der Waals surface area (Å²) in [6, 6.07) is 8.47. The molecule has 542 valence electrons. The summed E-state index contributed by atoms with van der Waals surface area (Å²) in [5.41, 5.74) is 6.96. The number of imide groups is 1. The first-order chi connectivity index (χ1) is 46.5. The molecule has 10 N–H and O–H groups in total. The van der Waals surface area contributed by atoms with Gasteiger partial charge in [0.2, 0.25) is 51.4 Å². The van der Waals surface area contributed by atoms with E-state index in [4.69, 9.17) is 25.1 Å². The van der Waals surface area contributed by atoms with Crippen LogP contribution in [0.2, 0.25) is 0 Å². The number of piperidine rings is 1. The summed E-state index contributed by atoms with van der Waals surface area (Å²) < 4.78 is 42.5. The lowest BCUT2D eigenvalue weighted by Crippen LogP contribution is -2.60. The number of rotatable bonds is 38. The number of fused-ring (bicyclic) bond motifs is 2. The van der Waals surface area contributed by atoms with Gasteiger partial charge >= 0.3 is 12.1 Å². The maximum atomic E-state index is 14.9. The summed E-state index contributed by atoms with van der Waals surface area (Å²) in [7, 11) is 0.622. The van der Waals surface area contributed by atoms with Gasteiger partial charge in [0.1, 0.15) is 30.8 Å². The van der Waals surface area contributed by atoms with Crippen molar-refractivity contribution in [1.29, 1.82) is 0 Å². The number of unbranched alkanes of at least 4 members (excludes halogenated alkanes) is 2. The monoisotopic (exact) mass is 1390 g/mol. The topological polar surface area (TPSA) is 387 Å². The number of urea groups is 1. The number of amides is 12. The summed E-state index contributed by atoms with van der Waals surface area (Å²) in [5.74, 6) is -6.45. The number of hydrogen-bond acceptors (Lipinski definition) is 16. The highest BCUT2D eigenvalue weighted by atomic mass is 32.2. The number of carbonyl (C=O) groups is 11. The van der Waals surface area contributed by atoms with Crippen LogP contribution >= 0.6 is 0 Å². The normalized spacial score (nSPS) is 20.2. The number of benzene rings is 2. The van der Waals surface area contributed by atoms with Crippen molar-refractivity contribution < 1.29 is 75.4 Å². The molecule has 1 aliphatic carbocycles. The number of likely N-dealkylation sites (N-methyl/N-ethyl adjacent to an activating group) is 1. The molecule has 3 aliphatic heterocycles. The molecule has 2 bridgehead atoms. The molecule has 98 heavy (non-hydrogen) atoms. The molecule has 4 aliphatic rings. The van der Waals surface area contributed by atoms with Gasteiger partial charge in [-0.1, -0.05) is 104 Å². The fourth-order valence-electron chi connectivity index (χ4n) is 13.9. The van der Waals surface area contributed by atoms with Gasteiger partial charge in [-0.15, -0.1) is 0 Å². The Bertz CT molecular complexity index is 3230. The molecule has 2 aromatic rings. The molecule has 2 aromatic carbocycles. The largest absolute Gasteiger partial charge is 0.445 e. The lowest BCUT2D eigenvalue weighted by Gasteiger charge is -2.41. The highest BCUT2D eigenvalue weighted by molar-refractivity contribution is 7.89. The maximum Gasteiger partial charge on any atom is 0.411 e. The number of ether oxygens (including phenoxy) is 3. The summed E-state index contributed by atoms with van der Waals surface area (Å²) in [6.07, 6.45) is 5.83. The quantitative estimate of drug-likeness (QED) is 0.0350. The number of nitrogens with two attached hydrogens (primary N) is 2. The lowest BCUT2D eigenvalue weighted by atomic mass is 9.89. The third-order valence-electron chi connectivity index (χ3n) is 19.3. The van der Waals surface area contributed by atoms with Gasteiger partial charge in [-0.05, 0) is 111 Å². The average molecular weight is 1390 g/mol. The number of sulfonamides is 1. The van der Waals surface area contributed by atoms with Crippen LogP contribution in [0.25, 0.3) is 0 Å². The smallest absolute Gasteiger partial charge is 0.411 e. The van der Waals surface area contributed by atoms with Crippen LogP contribution in [0.5, 0.6) is 0 Å². The zero-order chi connectivity index (χ0) is 72.1. The minimum Gasteiger partial charge on any atom is -0.445 e. The fourth-order valence-corrected chi connectivity index (χ4v) is 14.6. The van der Waals surface area contributed by atoms with Crippen LogP contribution in [-0.4, -0.2) is 201 Å². The predicted octanol–water partition coefficient (Wildman–Crippen LogP) is 3.75. The Kier molecular flexibility index (Phi) is 30.0. The molecular formula is C69H104N12O16S. The van der Waals surface area contributed by atoms with E-state index in [1.165, 1.54) is 31.3 Å². The van der Waals surface area contributed by atoms with Crippen LogP contribution in [-0.2, 0) is 80.4 Å². The van der Waals surface area contributed by atoms with Gasteiger partial charge < -0.3 is 61.6 Å². The number of primary sulfonamides is 1. The molecule has 0 aromatic heterocycles. The highest BCUT2D eigenvalue weighted by Crippen LogP contribution is 2.43. The van der Waals surface area contributed by atoms with Gasteiger partial charge in [0.15, 0.2) is 0 Å². The molecule has 1 saturated carbocycles. The third-order valence-corrected chi connectivity index (χ3v) is 20.2. The van der Waals surface area contributed by atoms with Crippen molar-refractivity contribution in [3.63, 3.8) is 0 Å². The summed E-state index contributed by atoms with van der Waals surface area (Å²) in [5, 5.41) is 22.2.